The summed E-state index contributed by atoms with van der Waals surface area (Å²) in [6, 6.07) is 0.292. The van der Waals surface area contributed by atoms with Crippen LogP contribution in [0.4, 0.5) is 0 Å². The molecule has 0 bridgehead atoms. The fourth-order valence-corrected chi connectivity index (χ4v) is 3.18. The molecule has 152 valence electrons. The number of carbonyl (C=O) groups is 1. The highest BCUT2D eigenvalue weighted by molar-refractivity contribution is 5.80. The number of carbonyl (C=O) groups excluding carboxylic acids is 1. The molecule has 0 saturated carbocycles. The zero-order valence-corrected chi connectivity index (χ0v) is 17.2. The van der Waals surface area contributed by atoms with Crippen molar-refractivity contribution in [2.75, 3.05) is 39.9 Å². The molecule has 1 fully saturated rings. The fourth-order valence-electron chi connectivity index (χ4n) is 3.18. The molecular formula is C20H40N4O2. The molecule has 1 aliphatic rings. The van der Waals surface area contributed by atoms with Gasteiger partial charge in [0.05, 0.1) is 0 Å². The second kappa shape index (κ2) is 14.8. The van der Waals surface area contributed by atoms with Crippen molar-refractivity contribution < 1.29 is 9.53 Å². The Morgan fingerprint density at radius 1 is 1.12 bits per heavy atom. The molecule has 1 heterocycles. The third-order valence-corrected chi connectivity index (χ3v) is 4.81. The van der Waals surface area contributed by atoms with Gasteiger partial charge in [0, 0.05) is 52.4 Å². The van der Waals surface area contributed by atoms with Crippen LogP contribution in [0.1, 0.15) is 71.6 Å². The molecule has 6 heteroatoms. The Kier molecular flexibility index (Phi) is 13.0. The number of hydrogen-bond donors (Lipinski definition) is 2. The van der Waals surface area contributed by atoms with E-state index in [1.807, 2.05) is 11.8 Å². The minimum absolute atomic E-state index is 0.236. The summed E-state index contributed by atoms with van der Waals surface area (Å²) in [6.45, 7) is 8.29. The lowest BCUT2D eigenvalue weighted by molar-refractivity contribution is -0.129. The van der Waals surface area contributed by atoms with E-state index in [2.05, 4.69) is 22.5 Å². The van der Waals surface area contributed by atoms with Crippen molar-refractivity contribution in [1.82, 2.24) is 15.5 Å². The van der Waals surface area contributed by atoms with E-state index in [4.69, 9.17) is 4.74 Å². The molecule has 26 heavy (non-hydrogen) atoms. The van der Waals surface area contributed by atoms with Crippen LogP contribution in [-0.4, -0.2) is 62.7 Å². The first-order chi connectivity index (χ1) is 12.7. The third kappa shape index (κ3) is 10.00. The number of rotatable bonds is 13. The highest BCUT2D eigenvalue weighted by Gasteiger charge is 2.25. The second-order valence-corrected chi connectivity index (χ2v) is 7.06. The van der Waals surface area contributed by atoms with Crippen molar-refractivity contribution in [3.8, 4) is 0 Å². The number of ether oxygens (including phenoxy) is 1. The molecule has 0 aromatic rings. The Bertz CT molecular complexity index is 401. The molecule has 0 aromatic heterocycles. The van der Waals surface area contributed by atoms with Gasteiger partial charge in [-0.3, -0.25) is 9.79 Å². The van der Waals surface area contributed by atoms with Crippen LogP contribution >= 0.6 is 0 Å². The predicted molar refractivity (Wildman–Crippen MR) is 109 cm³/mol. The summed E-state index contributed by atoms with van der Waals surface area (Å²) in [4.78, 5) is 17.9. The summed E-state index contributed by atoms with van der Waals surface area (Å²) in [5.41, 5.74) is 0. The smallest absolute Gasteiger partial charge is 0.222 e. The number of nitrogens with zero attached hydrogens (tertiary/aromatic N) is 2. The van der Waals surface area contributed by atoms with E-state index in [0.29, 0.717) is 12.5 Å². The lowest BCUT2D eigenvalue weighted by Gasteiger charge is -2.18. The standard InChI is InChI=1S/C20H40N4O2/c1-4-6-7-8-9-10-15-26-16-11-13-22-20(21-3)23-18-12-14-24(17-18)19(25)5-2/h18H,4-17H2,1-3H3,(H2,21,22,23). The summed E-state index contributed by atoms with van der Waals surface area (Å²) in [5.74, 6) is 1.05. The fraction of sp³-hybridized carbons (Fsp3) is 0.900. The number of nitrogens with one attached hydrogen (secondary N) is 2. The minimum atomic E-state index is 0.236. The van der Waals surface area contributed by atoms with E-state index in [1.165, 1.54) is 38.5 Å². The molecule has 0 radical (unpaired) electrons. The summed E-state index contributed by atoms with van der Waals surface area (Å²) < 4.78 is 5.70. The van der Waals surface area contributed by atoms with Gasteiger partial charge in [0.25, 0.3) is 0 Å². The summed E-state index contributed by atoms with van der Waals surface area (Å²) in [7, 11) is 1.79. The van der Waals surface area contributed by atoms with Crippen molar-refractivity contribution >= 4 is 11.9 Å². The van der Waals surface area contributed by atoms with Crippen molar-refractivity contribution in [2.45, 2.75) is 77.7 Å². The predicted octanol–water partition coefficient (Wildman–Crippen LogP) is 2.93. The van der Waals surface area contributed by atoms with Gasteiger partial charge in [0.1, 0.15) is 0 Å². The molecule has 1 saturated heterocycles. The van der Waals surface area contributed by atoms with Gasteiger partial charge >= 0.3 is 0 Å². The van der Waals surface area contributed by atoms with E-state index in [-0.39, 0.29) is 5.91 Å². The van der Waals surface area contributed by atoms with E-state index in [9.17, 15) is 4.79 Å². The Morgan fingerprint density at radius 3 is 2.58 bits per heavy atom. The van der Waals surface area contributed by atoms with Crippen molar-refractivity contribution in [3.05, 3.63) is 0 Å². The minimum Gasteiger partial charge on any atom is -0.381 e. The number of aliphatic imine (C=N–C) groups is 1. The van der Waals surface area contributed by atoms with Gasteiger partial charge in [-0.25, -0.2) is 0 Å². The number of unbranched alkanes of at least 4 members (excludes halogenated alkanes) is 5. The second-order valence-electron chi connectivity index (χ2n) is 7.06. The van der Waals surface area contributed by atoms with Crippen molar-refractivity contribution in [2.24, 2.45) is 4.99 Å². The molecule has 1 atom stereocenters. The van der Waals surface area contributed by atoms with Gasteiger partial charge in [-0.05, 0) is 19.3 Å². The van der Waals surface area contributed by atoms with E-state index < -0.39 is 0 Å². The lowest BCUT2D eigenvalue weighted by atomic mass is 10.1. The normalized spacial score (nSPS) is 17.6. The summed E-state index contributed by atoms with van der Waals surface area (Å²) >= 11 is 0. The zero-order valence-electron chi connectivity index (χ0n) is 17.2. The Balaban J connectivity index is 2.00. The molecule has 1 unspecified atom stereocenters. The van der Waals surface area contributed by atoms with Crippen LogP contribution in [0.25, 0.3) is 0 Å². The first kappa shape index (κ1) is 22.7. The Hall–Kier alpha value is -1.30. The average molecular weight is 369 g/mol. The molecule has 1 rings (SSSR count). The molecule has 1 amide bonds. The van der Waals surface area contributed by atoms with Crippen molar-refractivity contribution in [3.63, 3.8) is 0 Å². The van der Waals surface area contributed by atoms with Gasteiger partial charge < -0.3 is 20.3 Å². The monoisotopic (exact) mass is 368 g/mol. The third-order valence-electron chi connectivity index (χ3n) is 4.81. The molecular weight excluding hydrogens is 328 g/mol. The van der Waals surface area contributed by atoms with Gasteiger partial charge in [0.15, 0.2) is 5.96 Å². The van der Waals surface area contributed by atoms with Crippen LogP contribution < -0.4 is 10.6 Å². The highest BCUT2D eigenvalue weighted by Crippen LogP contribution is 2.10. The van der Waals surface area contributed by atoms with E-state index >= 15 is 0 Å². The van der Waals surface area contributed by atoms with Crippen LogP contribution in [0.3, 0.4) is 0 Å². The Labute approximate surface area is 160 Å². The number of likely N-dealkylation sites (tertiary alicyclic amines) is 1. The first-order valence-corrected chi connectivity index (χ1v) is 10.5. The van der Waals surface area contributed by atoms with Crippen LogP contribution in [-0.2, 0) is 9.53 Å². The van der Waals surface area contributed by atoms with Gasteiger partial charge in [-0.1, -0.05) is 46.0 Å². The SMILES string of the molecule is CCCCCCCCOCCCNC(=NC)NC1CCN(C(=O)CC)C1. The van der Waals surface area contributed by atoms with Crippen LogP contribution in [0.2, 0.25) is 0 Å². The molecule has 6 nitrogen and oxygen atoms in total. The highest BCUT2D eigenvalue weighted by atomic mass is 16.5. The summed E-state index contributed by atoms with van der Waals surface area (Å²) in [5, 5.41) is 6.75. The van der Waals surface area contributed by atoms with Crippen LogP contribution in [0.5, 0.6) is 0 Å². The van der Waals surface area contributed by atoms with Gasteiger partial charge in [0.2, 0.25) is 5.91 Å². The number of amides is 1. The first-order valence-electron chi connectivity index (χ1n) is 10.5. The lowest BCUT2D eigenvalue weighted by Crippen LogP contribution is -2.45. The Morgan fingerprint density at radius 2 is 1.85 bits per heavy atom. The van der Waals surface area contributed by atoms with E-state index in [1.54, 1.807) is 7.05 Å². The summed E-state index contributed by atoms with van der Waals surface area (Å²) in [6.07, 6.45) is 10.4. The van der Waals surface area contributed by atoms with Crippen LogP contribution in [0, 0.1) is 0 Å². The maximum atomic E-state index is 11.7. The van der Waals surface area contributed by atoms with Crippen molar-refractivity contribution in [1.29, 1.82) is 0 Å². The molecule has 0 aromatic carbocycles. The maximum absolute atomic E-state index is 11.7. The molecule has 2 N–H and O–H groups in total. The number of hydrogen-bond acceptors (Lipinski definition) is 3. The van der Waals surface area contributed by atoms with E-state index in [0.717, 1.165) is 51.6 Å². The topological polar surface area (TPSA) is 66.0 Å². The van der Waals surface area contributed by atoms with Gasteiger partial charge in [-0.15, -0.1) is 0 Å². The van der Waals surface area contributed by atoms with Gasteiger partial charge in [-0.2, -0.15) is 0 Å². The van der Waals surface area contributed by atoms with Crippen LogP contribution in [0.15, 0.2) is 4.99 Å². The molecule has 0 aliphatic carbocycles. The molecule has 1 aliphatic heterocycles. The largest absolute Gasteiger partial charge is 0.381 e. The molecule has 0 spiro atoms. The number of guanidine groups is 1. The quantitative estimate of drug-likeness (QED) is 0.298. The zero-order chi connectivity index (χ0) is 19.0. The average Bonchev–Trinajstić information content (AvgIpc) is 3.13. The maximum Gasteiger partial charge on any atom is 0.222 e.